The van der Waals surface area contributed by atoms with Crippen molar-refractivity contribution in [3.8, 4) is 0 Å². The van der Waals surface area contributed by atoms with E-state index >= 15 is 0 Å². The molecule has 0 aromatic carbocycles. The molecule has 0 radical (unpaired) electrons. The standard InChI is InChI=1S/C15H27NO/c1-3-12(2)14-4-6-15(7-5-14)16-10-13-8-9-17-11-13/h3,12-16H,1,4-11H2,2H3/t12?,13?,14-,15-. The summed E-state index contributed by atoms with van der Waals surface area (Å²) >= 11 is 0. The van der Waals surface area contributed by atoms with E-state index in [1.807, 2.05) is 0 Å². The Morgan fingerprint density at radius 1 is 1.29 bits per heavy atom. The van der Waals surface area contributed by atoms with Gasteiger partial charge in [0.2, 0.25) is 0 Å². The quantitative estimate of drug-likeness (QED) is 0.742. The van der Waals surface area contributed by atoms with Gasteiger partial charge in [-0.25, -0.2) is 0 Å². The molecule has 0 aromatic heterocycles. The summed E-state index contributed by atoms with van der Waals surface area (Å²) in [4.78, 5) is 0. The number of hydrogen-bond acceptors (Lipinski definition) is 2. The summed E-state index contributed by atoms with van der Waals surface area (Å²) in [6, 6.07) is 0.754. The van der Waals surface area contributed by atoms with Crippen molar-refractivity contribution in [3.05, 3.63) is 12.7 Å². The summed E-state index contributed by atoms with van der Waals surface area (Å²) in [6.45, 7) is 9.32. The first-order valence-electron chi connectivity index (χ1n) is 7.23. The van der Waals surface area contributed by atoms with Gasteiger partial charge in [0.15, 0.2) is 0 Å². The van der Waals surface area contributed by atoms with Crippen molar-refractivity contribution in [2.45, 2.75) is 45.1 Å². The molecule has 17 heavy (non-hydrogen) atoms. The predicted octanol–water partition coefficient (Wildman–Crippen LogP) is 2.99. The molecule has 1 aliphatic carbocycles. The second-order valence-corrected chi connectivity index (χ2v) is 5.84. The SMILES string of the molecule is C=CC(C)[C@H]1CC[C@H](NCC2CCOC2)CC1. The number of hydrogen-bond donors (Lipinski definition) is 1. The Labute approximate surface area is 106 Å². The molecule has 1 aliphatic heterocycles. The van der Waals surface area contributed by atoms with Crippen LogP contribution >= 0.6 is 0 Å². The highest BCUT2D eigenvalue weighted by Gasteiger charge is 2.24. The molecule has 0 spiro atoms. The fourth-order valence-corrected chi connectivity index (χ4v) is 3.12. The maximum atomic E-state index is 5.41. The summed E-state index contributed by atoms with van der Waals surface area (Å²) in [5, 5.41) is 3.74. The van der Waals surface area contributed by atoms with Gasteiger partial charge in [-0.15, -0.1) is 6.58 Å². The topological polar surface area (TPSA) is 21.3 Å². The molecule has 2 aliphatic rings. The van der Waals surface area contributed by atoms with Crippen molar-refractivity contribution >= 4 is 0 Å². The normalized spacial score (nSPS) is 35.7. The summed E-state index contributed by atoms with van der Waals surface area (Å²) in [5.74, 6) is 2.33. The molecule has 1 heterocycles. The van der Waals surface area contributed by atoms with E-state index < -0.39 is 0 Å². The minimum Gasteiger partial charge on any atom is -0.381 e. The molecule has 2 unspecified atom stereocenters. The van der Waals surface area contributed by atoms with E-state index in [1.54, 1.807) is 0 Å². The van der Waals surface area contributed by atoms with Gasteiger partial charge in [0.05, 0.1) is 6.61 Å². The second-order valence-electron chi connectivity index (χ2n) is 5.84. The van der Waals surface area contributed by atoms with Crippen LogP contribution in [0.4, 0.5) is 0 Å². The van der Waals surface area contributed by atoms with Gasteiger partial charge in [0.1, 0.15) is 0 Å². The van der Waals surface area contributed by atoms with Crippen molar-refractivity contribution in [1.29, 1.82) is 0 Å². The Kier molecular flexibility index (Phi) is 5.05. The smallest absolute Gasteiger partial charge is 0.0507 e. The summed E-state index contributed by atoms with van der Waals surface area (Å²) in [7, 11) is 0. The first-order valence-corrected chi connectivity index (χ1v) is 7.23. The molecule has 1 N–H and O–H groups in total. The van der Waals surface area contributed by atoms with E-state index in [9.17, 15) is 0 Å². The summed E-state index contributed by atoms with van der Waals surface area (Å²) in [6.07, 6.45) is 8.79. The van der Waals surface area contributed by atoms with Crippen LogP contribution in [0.5, 0.6) is 0 Å². The highest BCUT2D eigenvalue weighted by molar-refractivity contribution is 4.86. The largest absolute Gasteiger partial charge is 0.381 e. The highest BCUT2D eigenvalue weighted by atomic mass is 16.5. The Balaban J connectivity index is 1.63. The molecule has 0 amide bonds. The zero-order chi connectivity index (χ0) is 12.1. The Morgan fingerprint density at radius 2 is 2.06 bits per heavy atom. The van der Waals surface area contributed by atoms with Gasteiger partial charge in [-0.3, -0.25) is 0 Å². The van der Waals surface area contributed by atoms with Crippen molar-refractivity contribution < 1.29 is 4.74 Å². The molecular weight excluding hydrogens is 210 g/mol. The van der Waals surface area contributed by atoms with E-state index in [1.165, 1.54) is 32.1 Å². The first-order chi connectivity index (χ1) is 8.29. The molecule has 2 heteroatoms. The third-order valence-corrected chi connectivity index (χ3v) is 4.61. The van der Waals surface area contributed by atoms with Gasteiger partial charge >= 0.3 is 0 Å². The van der Waals surface area contributed by atoms with Crippen LogP contribution in [-0.2, 0) is 4.74 Å². The molecule has 1 saturated heterocycles. The van der Waals surface area contributed by atoms with Crippen molar-refractivity contribution in [1.82, 2.24) is 5.32 Å². The van der Waals surface area contributed by atoms with Crippen molar-refractivity contribution in [3.63, 3.8) is 0 Å². The van der Waals surface area contributed by atoms with Gasteiger partial charge in [-0.2, -0.15) is 0 Å². The van der Waals surface area contributed by atoms with Gasteiger partial charge < -0.3 is 10.1 Å². The number of nitrogens with one attached hydrogen (secondary N) is 1. The minimum absolute atomic E-state index is 0.694. The van der Waals surface area contributed by atoms with E-state index in [0.717, 1.165) is 37.6 Å². The minimum atomic E-state index is 0.694. The summed E-state index contributed by atoms with van der Waals surface area (Å²) in [5.41, 5.74) is 0. The van der Waals surface area contributed by atoms with Crippen LogP contribution in [0.2, 0.25) is 0 Å². The zero-order valence-electron chi connectivity index (χ0n) is 11.2. The van der Waals surface area contributed by atoms with E-state index in [2.05, 4.69) is 24.9 Å². The van der Waals surface area contributed by atoms with Gasteiger partial charge in [0.25, 0.3) is 0 Å². The van der Waals surface area contributed by atoms with Crippen LogP contribution in [-0.4, -0.2) is 25.8 Å². The lowest BCUT2D eigenvalue weighted by Crippen LogP contribution is -2.37. The van der Waals surface area contributed by atoms with Crippen LogP contribution in [0, 0.1) is 17.8 Å². The maximum Gasteiger partial charge on any atom is 0.0507 e. The van der Waals surface area contributed by atoms with Crippen LogP contribution in [0.15, 0.2) is 12.7 Å². The van der Waals surface area contributed by atoms with E-state index in [4.69, 9.17) is 4.74 Å². The van der Waals surface area contributed by atoms with E-state index in [0.29, 0.717) is 5.92 Å². The molecule has 98 valence electrons. The number of rotatable bonds is 5. The third-order valence-electron chi connectivity index (χ3n) is 4.61. The lowest BCUT2D eigenvalue weighted by atomic mass is 9.79. The molecule has 0 aromatic rings. The van der Waals surface area contributed by atoms with Crippen LogP contribution in [0.25, 0.3) is 0 Å². The van der Waals surface area contributed by atoms with Gasteiger partial charge in [0, 0.05) is 19.2 Å². The van der Waals surface area contributed by atoms with Crippen LogP contribution < -0.4 is 5.32 Å². The lowest BCUT2D eigenvalue weighted by Gasteiger charge is -2.32. The third kappa shape index (κ3) is 3.82. The molecule has 2 fully saturated rings. The molecule has 2 rings (SSSR count). The van der Waals surface area contributed by atoms with Gasteiger partial charge in [-0.05, 0) is 49.9 Å². The van der Waals surface area contributed by atoms with Gasteiger partial charge in [-0.1, -0.05) is 13.0 Å². The Bertz CT molecular complexity index is 227. The Hall–Kier alpha value is -0.340. The second kappa shape index (κ2) is 6.55. The molecule has 0 bridgehead atoms. The zero-order valence-corrected chi connectivity index (χ0v) is 11.2. The van der Waals surface area contributed by atoms with Crippen molar-refractivity contribution in [2.75, 3.05) is 19.8 Å². The number of allylic oxidation sites excluding steroid dienone is 1. The lowest BCUT2D eigenvalue weighted by molar-refractivity contribution is 0.182. The predicted molar refractivity (Wildman–Crippen MR) is 72.0 cm³/mol. The molecule has 2 nitrogen and oxygen atoms in total. The van der Waals surface area contributed by atoms with Crippen molar-refractivity contribution in [2.24, 2.45) is 17.8 Å². The van der Waals surface area contributed by atoms with Crippen LogP contribution in [0.3, 0.4) is 0 Å². The molecule has 1 saturated carbocycles. The fraction of sp³-hybridized carbons (Fsp3) is 0.867. The molecular formula is C15H27NO. The average molecular weight is 237 g/mol. The fourth-order valence-electron chi connectivity index (χ4n) is 3.12. The maximum absolute atomic E-state index is 5.41. The Morgan fingerprint density at radius 3 is 2.65 bits per heavy atom. The highest BCUT2D eigenvalue weighted by Crippen LogP contribution is 2.30. The molecule has 2 atom stereocenters. The van der Waals surface area contributed by atoms with Crippen LogP contribution in [0.1, 0.15) is 39.0 Å². The average Bonchev–Trinajstić information content (AvgIpc) is 2.89. The monoisotopic (exact) mass is 237 g/mol. The first kappa shape index (κ1) is 13.1. The number of ether oxygens (including phenoxy) is 1. The summed E-state index contributed by atoms with van der Waals surface area (Å²) < 4.78 is 5.41. The van der Waals surface area contributed by atoms with E-state index in [-0.39, 0.29) is 0 Å².